The molecule has 0 aromatic heterocycles. The van der Waals surface area contributed by atoms with Crippen molar-refractivity contribution in [3.63, 3.8) is 0 Å². The van der Waals surface area contributed by atoms with Crippen LogP contribution in [-0.2, 0) is 4.79 Å². The van der Waals surface area contributed by atoms with Gasteiger partial charge in [-0.1, -0.05) is 19.8 Å². The van der Waals surface area contributed by atoms with Crippen LogP contribution >= 0.6 is 0 Å². The van der Waals surface area contributed by atoms with Gasteiger partial charge in [0.05, 0.1) is 0 Å². The van der Waals surface area contributed by atoms with Crippen LogP contribution in [0.5, 0.6) is 0 Å². The van der Waals surface area contributed by atoms with Gasteiger partial charge in [0, 0.05) is 36.9 Å². The number of hydrogen-bond donors (Lipinski definition) is 3. The van der Waals surface area contributed by atoms with Gasteiger partial charge < -0.3 is 20.9 Å². The Labute approximate surface area is 144 Å². The highest BCUT2D eigenvalue weighted by molar-refractivity contribution is 5.93. The Morgan fingerprint density at radius 1 is 1.00 bits per heavy atom. The second-order valence-electron chi connectivity index (χ2n) is 6.36. The summed E-state index contributed by atoms with van der Waals surface area (Å²) in [5.41, 5.74) is 1.47. The maximum Gasteiger partial charge on any atom is 0.321 e. The number of nitrogens with one attached hydrogen (secondary N) is 3. The molecule has 24 heavy (non-hydrogen) atoms. The van der Waals surface area contributed by atoms with E-state index >= 15 is 0 Å². The highest BCUT2D eigenvalue weighted by atomic mass is 16.2. The predicted octanol–water partition coefficient (Wildman–Crippen LogP) is 2.89. The summed E-state index contributed by atoms with van der Waals surface area (Å²) in [4.78, 5) is 26.1. The molecule has 0 spiro atoms. The molecule has 0 radical (unpaired) electrons. The fourth-order valence-corrected chi connectivity index (χ4v) is 2.78. The van der Waals surface area contributed by atoms with Crippen LogP contribution in [0.2, 0.25) is 0 Å². The molecule has 1 fully saturated rings. The number of nitrogens with zero attached hydrogens (tertiary/aromatic N) is 1. The highest BCUT2D eigenvalue weighted by Gasteiger charge is 2.15. The van der Waals surface area contributed by atoms with Crippen LogP contribution in [-0.4, -0.2) is 43.5 Å². The third-order valence-corrected chi connectivity index (χ3v) is 4.25. The van der Waals surface area contributed by atoms with E-state index in [-0.39, 0.29) is 17.9 Å². The van der Waals surface area contributed by atoms with E-state index in [2.05, 4.69) is 16.0 Å². The third kappa shape index (κ3) is 5.53. The van der Waals surface area contributed by atoms with E-state index in [4.69, 9.17) is 0 Å². The summed E-state index contributed by atoms with van der Waals surface area (Å²) in [6, 6.07) is 7.20. The lowest BCUT2D eigenvalue weighted by atomic mass is 10.1. The Morgan fingerprint density at radius 2 is 1.54 bits per heavy atom. The first kappa shape index (κ1) is 18.3. The maximum absolute atomic E-state index is 12.3. The van der Waals surface area contributed by atoms with Gasteiger partial charge in [0.2, 0.25) is 5.91 Å². The van der Waals surface area contributed by atoms with Crippen molar-refractivity contribution in [1.82, 2.24) is 10.2 Å². The fourth-order valence-electron chi connectivity index (χ4n) is 2.78. The van der Waals surface area contributed by atoms with Crippen molar-refractivity contribution in [2.45, 2.75) is 32.6 Å². The minimum absolute atomic E-state index is 0.0225. The van der Waals surface area contributed by atoms with E-state index in [1.54, 1.807) is 0 Å². The standard InChI is InChI=1S/C18H28N4O2/c1-14(13-19-2)17(23)20-15-7-9-16(10-8-15)21-18(24)22-11-5-3-4-6-12-22/h7-10,14,19H,3-6,11-13H2,1-2H3,(H,20,23)(H,21,24). The zero-order valence-electron chi connectivity index (χ0n) is 14.6. The second kappa shape index (κ2) is 9.27. The number of anilines is 2. The van der Waals surface area contributed by atoms with Crippen LogP contribution in [0.25, 0.3) is 0 Å². The summed E-state index contributed by atoms with van der Waals surface area (Å²) in [5, 5.41) is 8.79. The molecule has 1 heterocycles. The van der Waals surface area contributed by atoms with Crippen molar-refractivity contribution >= 4 is 23.3 Å². The summed E-state index contributed by atoms with van der Waals surface area (Å²) in [7, 11) is 1.82. The third-order valence-electron chi connectivity index (χ3n) is 4.25. The number of likely N-dealkylation sites (tertiary alicyclic amines) is 1. The molecule has 1 atom stereocenters. The van der Waals surface area contributed by atoms with Crippen LogP contribution in [0, 0.1) is 5.92 Å². The van der Waals surface area contributed by atoms with Crippen LogP contribution in [0.15, 0.2) is 24.3 Å². The van der Waals surface area contributed by atoms with Gasteiger partial charge >= 0.3 is 6.03 Å². The highest BCUT2D eigenvalue weighted by Crippen LogP contribution is 2.16. The molecule has 1 saturated heterocycles. The van der Waals surface area contributed by atoms with Crippen LogP contribution in [0.3, 0.4) is 0 Å². The average Bonchev–Trinajstić information content (AvgIpc) is 2.86. The fraction of sp³-hybridized carbons (Fsp3) is 0.556. The summed E-state index contributed by atoms with van der Waals surface area (Å²) in [6.07, 6.45) is 4.54. The SMILES string of the molecule is CNCC(C)C(=O)Nc1ccc(NC(=O)N2CCCCCC2)cc1. The first-order valence-electron chi connectivity index (χ1n) is 8.71. The molecular weight excluding hydrogens is 304 g/mol. The smallest absolute Gasteiger partial charge is 0.321 e. The van der Waals surface area contributed by atoms with Gasteiger partial charge in [-0.05, 0) is 44.2 Å². The first-order chi connectivity index (χ1) is 11.6. The normalized spacial score (nSPS) is 16.2. The number of urea groups is 1. The number of amides is 3. The van der Waals surface area contributed by atoms with E-state index in [9.17, 15) is 9.59 Å². The molecule has 1 aliphatic rings. The molecule has 3 N–H and O–H groups in total. The summed E-state index contributed by atoms with van der Waals surface area (Å²) in [6.45, 7) is 4.16. The summed E-state index contributed by atoms with van der Waals surface area (Å²) < 4.78 is 0. The molecule has 1 aliphatic heterocycles. The lowest BCUT2D eigenvalue weighted by molar-refractivity contribution is -0.119. The van der Waals surface area contributed by atoms with Crippen LogP contribution in [0.1, 0.15) is 32.6 Å². The molecule has 2 rings (SSSR count). The topological polar surface area (TPSA) is 73.5 Å². The largest absolute Gasteiger partial charge is 0.326 e. The van der Waals surface area contributed by atoms with Crippen LogP contribution in [0.4, 0.5) is 16.2 Å². The van der Waals surface area contributed by atoms with Crippen molar-refractivity contribution in [3.05, 3.63) is 24.3 Å². The van der Waals surface area contributed by atoms with Crippen molar-refractivity contribution < 1.29 is 9.59 Å². The molecule has 0 saturated carbocycles. The lowest BCUT2D eigenvalue weighted by Gasteiger charge is -2.20. The molecule has 6 nitrogen and oxygen atoms in total. The molecule has 132 valence electrons. The van der Waals surface area contributed by atoms with Crippen LogP contribution < -0.4 is 16.0 Å². The molecular formula is C18H28N4O2. The first-order valence-corrected chi connectivity index (χ1v) is 8.71. The minimum Gasteiger partial charge on any atom is -0.326 e. The van der Waals surface area contributed by atoms with Crippen molar-refractivity contribution in [2.24, 2.45) is 5.92 Å². The quantitative estimate of drug-likeness (QED) is 0.776. The summed E-state index contributed by atoms with van der Waals surface area (Å²) in [5.74, 6) is -0.122. The van der Waals surface area contributed by atoms with Gasteiger partial charge in [-0.3, -0.25) is 4.79 Å². The predicted molar refractivity (Wildman–Crippen MR) is 97.2 cm³/mol. The average molecular weight is 332 g/mol. The van der Waals surface area contributed by atoms with Gasteiger partial charge in [0.1, 0.15) is 0 Å². The second-order valence-corrected chi connectivity index (χ2v) is 6.36. The zero-order valence-corrected chi connectivity index (χ0v) is 14.6. The Kier molecular flexibility index (Phi) is 7.06. The molecule has 0 bridgehead atoms. The monoisotopic (exact) mass is 332 g/mol. The number of hydrogen-bond acceptors (Lipinski definition) is 3. The van der Waals surface area contributed by atoms with Gasteiger partial charge in [0.15, 0.2) is 0 Å². The molecule has 6 heteroatoms. The Balaban J connectivity index is 1.87. The summed E-state index contributed by atoms with van der Waals surface area (Å²) >= 11 is 0. The number of carbonyl (C=O) groups excluding carboxylic acids is 2. The van der Waals surface area contributed by atoms with Crippen molar-refractivity contribution in [3.8, 4) is 0 Å². The van der Waals surface area contributed by atoms with E-state index < -0.39 is 0 Å². The minimum atomic E-state index is -0.0996. The Bertz CT molecular complexity index is 536. The molecule has 0 aliphatic carbocycles. The number of carbonyl (C=O) groups is 2. The maximum atomic E-state index is 12.3. The molecule has 3 amide bonds. The lowest BCUT2D eigenvalue weighted by Crippen LogP contribution is -2.35. The molecule has 1 aromatic carbocycles. The Hall–Kier alpha value is -2.08. The van der Waals surface area contributed by atoms with Crippen molar-refractivity contribution in [1.29, 1.82) is 0 Å². The molecule has 1 unspecified atom stereocenters. The zero-order chi connectivity index (χ0) is 17.4. The van der Waals surface area contributed by atoms with E-state index in [1.807, 2.05) is 43.1 Å². The van der Waals surface area contributed by atoms with Gasteiger partial charge in [-0.2, -0.15) is 0 Å². The van der Waals surface area contributed by atoms with Crippen molar-refractivity contribution in [2.75, 3.05) is 37.3 Å². The molecule has 1 aromatic rings. The van der Waals surface area contributed by atoms with E-state index in [0.29, 0.717) is 6.54 Å². The van der Waals surface area contributed by atoms with E-state index in [0.717, 1.165) is 37.3 Å². The van der Waals surface area contributed by atoms with E-state index in [1.165, 1.54) is 12.8 Å². The number of rotatable bonds is 5. The van der Waals surface area contributed by atoms with Gasteiger partial charge in [-0.15, -0.1) is 0 Å². The van der Waals surface area contributed by atoms with Gasteiger partial charge in [0.25, 0.3) is 0 Å². The Morgan fingerprint density at radius 3 is 2.08 bits per heavy atom. The number of benzene rings is 1. The van der Waals surface area contributed by atoms with Gasteiger partial charge in [-0.25, -0.2) is 4.79 Å².